The van der Waals surface area contributed by atoms with E-state index in [1.165, 1.54) is 186 Å². The highest BCUT2D eigenvalue weighted by atomic mass is 16.6. The zero-order valence-corrected chi connectivity index (χ0v) is 52.8. The van der Waals surface area contributed by atoms with E-state index in [9.17, 15) is 14.4 Å². The first-order chi connectivity index (χ1) is 39.5. The number of unbranched alkanes of at least 4 members (excludes halogenated alkanes) is 35. The number of carbonyl (C=O) groups excluding carboxylic acids is 3. The van der Waals surface area contributed by atoms with Gasteiger partial charge in [-0.2, -0.15) is 0 Å². The van der Waals surface area contributed by atoms with Gasteiger partial charge in [0.25, 0.3) is 0 Å². The van der Waals surface area contributed by atoms with Crippen LogP contribution >= 0.6 is 0 Å². The first kappa shape index (κ1) is 76.3. The van der Waals surface area contributed by atoms with Crippen molar-refractivity contribution in [3.8, 4) is 0 Å². The first-order valence-corrected chi connectivity index (χ1v) is 34.2. The fourth-order valence-corrected chi connectivity index (χ4v) is 9.72. The van der Waals surface area contributed by atoms with Crippen LogP contribution in [0.1, 0.15) is 335 Å². The molecule has 0 aromatic carbocycles. The van der Waals surface area contributed by atoms with Crippen molar-refractivity contribution in [2.75, 3.05) is 13.2 Å². The van der Waals surface area contributed by atoms with E-state index in [2.05, 4.69) is 118 Å². The molecule has 6 nitrogen and oxygen atoms in total. The van der Waals surface area contributed by atoms with Crippen LogP contribution in [0.2, 0.25) is 0 Å². The van der Waals surface area contributed by atoms with Crippen molar-refractivity contribution in [1.82, 2.24) is 0 Å². The largest absolute Gasteiger partial charge is 0.462 e. The van der Waals surface area contributed by atoms with E-state index in [1.54, 1.807) is 0 Å². The summed E-state index contributed by atoms with van der Waals surface area (Å²) in [7, 11) is 0. The van der Waals surface area contributed by atoms with Gasteiger partial charge in [-0.3, -0.25) is 14.4 Å². The molecule has 0 aliphatic rings. The molecule has 0 fully saturated rings. The molecule has 0 saturated heterocycles. The van der Waals surface area contributed by atoms with Gasteiger partial charge in [-0.25, -0.2) is 0 Å². The van der Waals surface area contributed by atoms with E-state index in [4.69, 9.17) is 14.2 Å². The van der Waals surface area contributed by atoms with E-state index < -0.39 is 6.10 Å². The Morgan fingerprint density at radius 2 is 0.500 bits per heavy atom. The minimum Gasteiger partial charge on any atom is -0.462 e. The lowest BCUT2D eigenvalue weighted by atomic mass is 10.0. The summed E-state index contributed by atoms with van der Waals surface area (Å²) in [6.07, 6.45) is 91.6. The predicted octanol–water partition coefficient (Wildman–Crippen LogP) is 23.6. The number of rotatable bonds is 62. The maximum atomic E-state index is 12.9. The van der Waals surface area contributed by atoms with Crippen molar-refractivity contribution in [2.24, 2.45) is 0 Å². The zero-order valence-electron chi connectivity index (χ0n) is 52.8. The molecule has 0 saturated carbocycles. The third-order valence-electron chi connectivity index (χ3n) is 14.8. The summed E-state index contributed by atoms with van der Waals surface area (Å²) in [6, 6.07) is 0. The predicted molar refractivity (Wildman–Crippen MR) is 348 cm³/mol. The lowest BCUT2D eigenvalue weighted by Gasteiger charge is -2.18. The average molecular weight is 1110 g/mol. The highest BCUT2D eigenvalue weighted by Crippen LogP contribution is 2.17. The Kier molecular flexibility index (Phi) is 64.7. The summed E-state index contributed by atoms with van der Waals surface area (Å²) in [6.45, 7) is 6.50. The van der Waals surface area contributed by atoms with Crippen molar-refractivity contribution >= 4 is 17.9 Å². The lowest BCUT2D eigenvalue weighted by molar-refractivity contribution is -0.167. The fraction of sp³-hybridized carbons (Fsp3) is 0.743. The normalized spacial score (nSPS) is 12.7. The molecule has 0 aliphatic heterocycles. The number of carbonyl (C=O) groups is 3. The number of hydrogen-bond donors (Lipinski definition) is 0. The minimum atomic E-state index is -0.812. The second-order valence-electron chi connectivity index (χ2n) is 22.7. The molecule has 0 N–H and O–H groups in total. The average Bonchev–Trinajstić information content (AvgIpc) is 3.46. The molecule has 0 rings (SSSR count). The molecule has 0 spiro atoms. The van der Waals surface area contributed by atoms with Gasteiger partial charge in [0.05, 0.1) is 0 Å². The molecule has 0 aliphatic carbocycles. The highest BCUT2D eigenvalue weighted by Gasteiger charge is 2.19. The number of esters is 3. The van der Waals surface area contributed by atoms with Gasteiger partial charge in [0.1, 0.15) is 13.2 Å². The Morgan fingerprint density at radius 3 is 0.825 bits per heavy atom. The molecule has 0 radical (unpaired) electrons. The summed E-state index contributed by atoms with van der Waals surface area (Å²) in [5.41, 5.74) is 0. The summed E-state index contributed by atoms with van der Waals surface area (Å²) in [4.78, 5) is 38.3. The number of allylic oxidation sites excluding steroid dienone is 16. The second kappa shape index (κ2) is 67.8. The van der Waals surface area contributed by atoms with Gasteiger partial charge >= 0.3 is 17.9 Å². The molecule has 1 unspecified atom stereocenters. The van der Waals surface area contributed by atoms with Crippen molar-refractivity contribution in [3.05, 3.63) is 97.2 Å². The Hall–Kier alpha value is -3.67. The van der Waals surface area contributed by atoms with Crippen LogP contribution in [0.15, 0.2) is 97.2 Å². The molecule has 460 valence electrons. The van der Waals surface area contributed by atoms with Crippen LogP contribution in [0.5, 0.6) is 0 Å². The van der Waals surface area contributed by atoms with Gasteiger partial charge in [-0.15, -0.1) is 0 Å². The third kappa shape index (κ3) is 65.1. The molecule has 0 heterocycles. The van der Waals surface area contributed by atoms with Crippen LogP contribution in [0.25, 0.3) is 0 Å². The molecule has 0 aromatic heterocycles. The quantitative estimate of drug-likeness (QED) is 0.0261. The maximum Gasteiger partial charge on any atom is 0.306 e. The summed E-state index contributed by atoms with van der Waals surface area (Å²) in [5.74, 6) is -0.957. The topological polar surface area (TPSA) is 78.9 Å². The fourth-order valence-electron chi connectivity index (χ4n) is 9.72. The van der Waals surface area contributed by atoms with Crippen molar-refractivity contribution in [1.29, 1.82) is 0 Å². The summed E-state index contributed by atoms with van der Waals surface area (Å²) < 4.78 is 16.9. The van der Waals surface area contributed by atoms with Gasteiger partial charge in [0, 0.05) is 19.3 Å². The standard InChI is InChI=1S/C74H128O6/c1-4-7-10-13-16-19-22-25-27-29-31-33-35-36-37-39-40-42-44-46-49-52-55-58-61-64-67-73(76)79-70-71(69-78-72(75)66-63-60-57-54-51-48-24-21-18-15-12-9-6-3)80-74(77)68-65-62-59-56-53-50-47-45-43-41-38-34-32-30-28-26-23-20-17-14-11-8-5-2/h8,11,17,20-21,24,26,28,32,34,41,43,47,50,56,59,71H,4-7,9-10,12-16,18-19,22-23,25,27,29-31,33,35-40,42,44-46,48-49,51-55,57-58,60-70H2,1-3H3/b11-8-,20-17-,24-21-,28-26-,34-32-,43-41-,50-47-,59-56-. The van der Waals surface area contributed by atoms with Gasteiger partial charge < -0.3 is 14.2 Å². The monoisotopic (exact) mass is 1110 g/mol. The first-order valence-electron chi connectivity index (χ1n) is 34.2. The molecule has 0 aromatic rings. The Morgan fingerprint density at radius 1 is 0.263 bits per heavy atom. The van der Waals surface area contributed by atoms with E-state index in [1.807, 2.05) is 0 Å². The lowest BCUT2D eigenvalue weighted by Crippen LogP contribution is -2.30. The summed E-state index contributed by atoms with van der Waals surface area (Å²) >= 11 is 0. The van der Waals surface area contributed by atoms with Crippen LogP contribution in [0, 0.1) is 0 Å². The smallest absolute Gasteiger partial charge is 0.306 e. The maximum absolute atomic E-state index is 12.9. The second-order valence-corrected chi connectivity index (χ2v) is 22.7. The van der Waals surface area contributed by atoms with E-state index in [0.717, 1.165) is 103 Å². The van der Waals surface area contributed by atoms with E-state index >= 15 is 0 Å². The molecule has 1 atom stereocenters. The van der Waals surface area contributed by atoms with Crippen LogP contribution in [-0.4, -0.2) is 37.2 Å². The third-order valence-corrected chi connectivity index (χ3v) is 14.8. The molecular weight excluding hydrogens is 985 g/mol. The highest BCUT2D eigenvalue weighted by molar-refractivity contribution is 5.71. The van der Waals surface area contributed by atoms with Crippen LogP contribution in [0.3, 0.4) is 0 Å². The van der Waals surface area contributed by atoms with Crippen LogP contribution in [0.4, 0.5) is 0 Å². The minimum absolute atomic E-state index is 0.101. The van der Waals surface area contributed by atoms with E-state index in [-0.39, 0.29) is 37.5 Å². The molecule has 80 heavy (non-hydrogen) atoms. The Labute approximate surface area is 496 Å². The van der Waals surface area contributed by atoms with Crippen LogP contribution in [-0.2, 0) is 28.6 Å². The molecule has 0 bridgehead atoms. The zero-order chi connectivity index (χ0) is 57.8. The van der Waals surface area contributed by atoms with Crippen LogP contribution < -0.4 is 0 Å². The van der Waals surface area contributed by atoms with Gasteiger partial charge in [-0.05, 0) is 96.3 Å². The Bertz CT molecular complexity index is 1560. The van der Waals surface area contributed by atoms with Crippen molar-refractivity contribution in [2.45, 2.75) is 341 Å². The Balaban J connectivity index is 4.36. The molecule has 6 heteroatoms. The number of hydrogen-bond acceptors (Lipinski definition) is 6. The number of ether oxygens (including phenoxy) is 3. The SMILES string of the molecule is CC/C=C\C/C=C\C/C=C\C/C=C\C/C=C\C/C=C\C/C=C\CCCC(=O)OC(COC(=O)CCCCCCC/C=C\CCCCCC)COC(=O)CCCCCCCCCCCCCCCCCCCCCCCCCCCC. The summed E-state index contributed by atoms with van der Waals surface area (Å²) in [5, 5.41) is 0. The van der Waals surface area contributed by atoms with Crippen molar-refractivity contribution < 1.29 is 28.6 Å². The van der Waals surface area contributed by atoms with E-state index in [0.29, 0.717) is 19.3 Å². The van der Waals surface area contributed by atoms with Gasteiger partial charge in [0.2, 0.25) is 0 Å². The molecule has 0 amide bonds. The van der Waals surface area contributed by atoms with Crippen molar-refractivity contribution in [3.63, 3.8) is 0 Å². The molecular formula is C74H128O6. The van der Waals surface area contributed by atoms with Gasteiger partial charge in [0.15, 0.2) is 6.10 Å². The van der Waals surface area contributed by atoms with Gasteiger partial charge in [-0.1, -0.05) is 317 Å².